The molecule has 8 atom stereocenters. The van der Waals surface area contributed by atoms with E-state index in [2.05, 4.69) is 0 Å². The van der Waals surface area contributed by atoms with Gasteiger partial charge in [0, 0.05) is 5.75 Å². The van der Waals surface area contributed by atoms with Crippen LogP contribution in [0.5, 0.6) is 0 Å². The minimum absolute atomic E-state index is 0.108. The summed E-state index contributed by atoms with van der Waals surface area (Å²) in [6, 6.07) is 0. The van der Waals surface area contributed by atoms with E-state index in [1.54, 1.807) is 6.92 Å². The van der Waals surface area contributed by atoms with Gasteiger partial charge in [-0.25, -0.2) is 0 Å². The van der Waals surface area contributed by atoms with Crippen LogP contribution in [0.4, 0.5) is 0 Å². The largest absolute Gasteiger partial charge is 0.392 e. The first-order valence-corrected chi connectivity index (χ1v) is 10.6. The zero-order valence-electron chi connectivity index (χ0n) is 11.3. The van der Waals surface area contributed by atoms with Crippen molar-refractivity contribution in [1.82, 2.24) is 0 Å². The fourth-order valence-electron chi connectivity index (χ4n) is 1.80. The lowest BCUT2D eigenvalue weighted by atomic mass is 9.85. The van der Waals surface area contributed by atoms with Crippen LogP contribution in [0.1, 0.15) is 13.3 Å². The molecule has 0 saturated heterocycles. The molecule has 21 heavy (non-hydrogen) atoms. The molecule has 0 bridgehead atoms. The van der Waals surface area contributed by atoms with Crippen LogP contribution in [0, 0.1) is 0 Å². The molecule has 1 rings (SSSR count). The zero-order valence-corrected chi connectivity index (χ0v) is 13.8. The lowest BCUT2D eigenvalue weighted by Crippen LogP contribution is -2.64. The van der Waals surface area contributed by atoms with Gasteiger partial charge in [-0.05, 0) is 18.2 Å². The number of aliphatic hydroxyl groups excluding tert-OH is 6. The van der Waals surface area contributed by atoms with Crippen molar-refractivity contribution in [2.75, 3.05) is 5.75 Å². The summed E-state index contributed by atoms with van der Waals surface area (Å²) in [5.41, 5.74) is -3.51. The van der Waals surface area contributed by atoms with E-state index < -0.39 is 48.4 Å². The molecule has 0 aromatic carbocycles. The van der Waals surface area contributed by atoms with Crippen molar-refractivity contribution in [3.63, 3.8) is 0 Å². The first-order chi connectivity index (χ1) is 9.60. The Morgan fingerprint density at radius 1 is 1.05 bits per heavy atom. The van der Waals surface area contributed by atoms with Crippen LogP contribution in [0.3, 0.4) is 0 Å². The van der Waals surface area contributed by atoms with Gasteiger partial charge in [0.05, 0.1) is 6.10 Å². The van der Waals surface area contributed by atoms with Crippen molar-refractivity contribution in [1.29, 1.82) is 0 Å². The second kappa shape index (κ2) is 7.98. The van der Waals surface area contributed by atoms with Crippen LogP contribution < -0.4 is 0 Å². The van der Waals surface area contributed by atoms with Gasteiger partial charge in [0.2, 0.25) is 5.69 Å². The lowest BCUT2D eigenvalue weighted by molar-refractivity contribution is -0.216. The van der Waals surface area contributed by atoms with Gasteiger partial charge in [-0.15, -0.1) is 0 Å². The molecule has 126 valence electrons. The second-order valence-electron chi connectivity index (χ2n) is 4.85. The van der Waals surface area contributed by atoms with Crippen molar-refractivity contribution < 1.29 is 40.1 Å². The van der Waals surface area contributed by atoms with E-state index in [0.717, 1.165) is 11.4 Å². The van der Waals surface area contributed by atoms with Crippen LogP contribution >= 0.6 is 17.1 Å². The van der Waals surface area contributed by atoms with Gasteiger partial charge in [-0.3, -0.25) is 0 Å². The topological polar surface area (TPSA) is 151 Å². The van der Waals surface area contributed by atoms with Crippen molar-refractivity contribution >= 4 is 28.9 Å². The number of hydrogen-bond acceptors (Lipinski definition) is 9. The molecule has 8 nitrogen and oxygen atoms in total. The highest BCUT2D eigenvalue weighted by Crippen LogP contribution is 2.58. The van der Waals surface area contributed by atoms with E-state index >= 15 is 0 Å². The number of rotatable bonds is 6. The summed E-state index contributed by atoms with van der Waals surface area (Å²) in [7, 11) is 0. The smallest absolute Gasteiger partial charge is 0.245 e. The van der Waals surface area contributed by atoms with Crippen LogP contribution in [0.2, 0.25) is 0 Å². The number of aliphatic hydroxyl groups is 6. The van der Waals surface area contributed by atoms with Crippen LogP contribution in [-0.4, -0.2) is 84.0 Å². The SMILES string of the molecule is CC[C@@H](O)CSP(O)(=S)OC1[C@H](O)[C@H](O)C(O)[C@H](O)[C@H]1O. The predicted octanol–water partition coefficient (Wildman–Crippen LogP) is -2.09. The fraction of sp³-hybridized carbons (Fsp3) is 1.00. The van der Waals surface area contributed by atoms with Gasteiger partial charge < -0.3 is 40.1 Å². The maximum absolute atomic E-state index is 9.99. The first-order valence-electron chi connectivity index (χ1n) is 6.34. The average molecular weight is 364 g/mol. The summed E-state index contributed by atoms with van der Waals surface area (Å²) in [5.74, 6) is 0.108. The molecule has 11 heteroatoms. The van der Waals surface area contributed by atoms with Gasteiger partial charge in [0.15, 0.2) is 0 Å². The predicted molar refractivity (Wildman–Crippen MR) is 80.2 cm³/mol. The van der Waals surface area contributed by atoms with Crippen LogP contribution in [-0.2, 0) is 16.3 Å². The fourth-order valence-corrected chi connectivity index (χ4v) is 5.43. The summed E-state index contributed by atoms with van der Waals surface area (Å²) in [4.78, 5) is 9.99. The summed E-state index contributed by atoms with van der Waals surface area (Å²) in [5, 5.41) is 57.5. The highest BCUT2D eigenvalue weighted by atomic mass is 32.9. The molecular formula is C10H21O8PS2. The quantitative estimate of drug-likeness (QED) is 0.261. The Bertz CT molecular complexity index is 370. The van der Waals surface area contributed by atoms with Crippen molar-refractivity contribution in [3.05, 3.63) is 0 Å². The van der Waals surface area contributed by atoms with Crippen molar-refractivity contribution in [2.45, 2.75) is 56.1 Å². The molecule has 3 unspecified atom stereocenters. The maximum atomic E-state index is 9.99. The molecule has 0 aromatic rings. The van der Waals surface area contributed by atoms with Gasteiger partial charge in [-0.2, -0.15) is 0 Å². The highest BCUT2D eigenvalue weighted by molar-refractivity contribution is 8.67. The average Bonchev–Trinajstić information content (AvgIpc) is 2.45. The summed E-state index contributed by atoms with van der Waals surface area (Å²) in [6.07, 6.45) is -10.4. The van der Waals surface area contributed by atoms with Gasteiger partial charge in [-0.1, -0.05) is 18.3 Å². The van der Waals surface area contributed by atoms with E-state index in [1.807, 2.05) is 0 Å². The molecule has 0 amide bonds. The highest BCUT2D eigenvalue weighted by Gasteiger charge is 2.50. The van der Waals surface area contributed by atoms with Gasteiger partial charge >= 0.3 is 0 Å². The van der Waals surface area contributed by atoms with Crippen molar-refractivity contribution in [3.8, 4) is 0 Å². The van der Waals surface area contributed by atoms with E-state index in [1.165, 1.54) is 0 Å². The Hall–Kier alpha value is 0.680. The summed E-state index contributed by atoms with van der Waals surface area (Å²) >= 11 is 5.63. The minimum Gasteiger partial charge on any atom is -0.392 e. The third kappa shape index (κ3) is 5.08. The molecule has 1 aliphatic carbocycles. The summed E-state index contributed by atoms with van der Waals surface area (Å²) in [6.45, 7) is 1.75. The molecule has 0 aliphatic heterocycles. The van der Waals surface area contributed by atoms with Crippen LogP contribution in [0.15, 0.2) is 0 Å². The molecule has 1 fully saturated rings. The Kier molecular flexibility index (Phi) is 7.50. The number of hydrogen-bond donors (Lipinski definition) is 7. The van der Waals surface area contributed by atoms with E-state index in [0.29, 0.717) is 6.42 Å². The monoisotopic (exact) mass is 364 g/mol. The van der Waals surface area contributed by atoms with E-state index in [4.69, 9.17) is 16.3 Å². The molecule has 0 spiro atoms. The minimum atomic E-state index is -3.51. The molecular weight excluding hydrogens is 343 g/mol. The second-order valence-corrected chi connectivity index (χ2v) is 11.0. The Labute approximate surface area is 131 Å². The molecule has 1 saturated carbocycles. The Morgan fingerprint density at radius 3 is 1.90 bits per heavy atom. The van der Waals surface area contributed by atoms with Crippen LogP contribution in [0.25, 0.3) is 0 Å². The third-order valence-corrected chi connectivity index (χ3v) is 7.49. The third-order valence-electron chi connectivity index (χ3n) is 3.23. The van der Waals surface area contributed by atoms with E-state index in [9.17, 15) is 35.5 Å². The molecule has 7 N–H and O–H groups in total. The van der Waals surface area contributed by atoms with E-state index in [-0.39, 0.29) is 5.75 Å². The van der Waals surface area contributed by atoms with Gasteiger partial charge in [0.25, 0.3) is 0 Å². The van der Waals surface area contributed by atoms with Crippen molar-refractivity contribution in [2.24, 2.45) is 0 Å². The maximum Gasteiger partial charge on any atom is 0.245 e. The molecule has 0 heterocycles. The standard InChI is InChI=1S/C10H21O8PS2/c1-2-4(11)3-21-19(17,20)18-10-8(15)6(13)5(12)7(14)9(10)16/h4-16H,2-3H2,1H3,(H,17,20)/t4-,5?,6-,7+,8-,9-,10?,19?/m1/s1. The Balaban J connectivity index is 2.72. The Morgan fingerprint density at radius 2 is 1.48 bits per heavy atom. The molecule has 0 aromatic heterocycles. The molecule has 1 aliphatic rings. The first kappa shape index (κ1) is 19.7. The zero-order chi connectivity index (χ0) is 16.4. The summed E-state index contributed by atoms with van der Waals surface area (Å²) < 4.78 is 5.09. The van der Waals surface area contributed by atoms with Gasteiger partial charge in [0.1, 0.15) is 36.6 Å². The normalized spacial score (nSPS) is 41.5. The molecule has 0 radical (unpaired) electrons. The lowest BCUT2D eigenvalue weighted by Gasteiger charge is -2.42.